The van der Waals surface area contributed by atoms with Gasteiger partial charge in [-0.15, -0.1) is 0 Å². The molecule has 1 heterocycles. The highest BCUT2D eigenvalue weighted by molar-refractivity contribution is 5.87. The quantitative estimate of drug-likeness (QED) is 0.761. The molecular weight excluding hydrogens is 234 g/mol. The Hall–Kier alpha value is -1.24. The van der Waals surface area contributed by atoms with Crippen LogP contribution in [0.5, 0.6) is 0 Å². The van der Waals surface area contributed by atoms with Crippen LogP contribution in [0.1, 0.15) is 26.2 Å². The number of halogens is 2. The molecule has 1 aliphatic rings. The zero-order chi connectivity index (χ0) is 13.3. The number of carbonyl (C=O) groups excluding carboxylic acids is 1. The molecule has 1 amide bonds. The molecule has 0 aromatic heterocycles. The Balaban J connectivity index is 2.53. The number of amides is 1. The largest absolute Gasteiger partial charge is 0.480 e. The minimum atomic E-state index is -2.73. The van der Waals surface area contributed by atoms with E-state index >= 15 is 0 Å². The summed E-state index contributed by atoms with van der Waals surface area (Å²) in [6.07, 6.45) is -1.14. The van der Waals surface area contributed by atoms with Crippen molar-refractivity contribution in [2.45, 2.75) is 37.6 Å². The highest BCUT2D eigenvalue weighted by Crippen LogP contribution is 2.28. The lowest BCUT2D eigenvalue weighted by Gasteiger charge is -2.33. The summed E-state index contributed by atoms with van der Waals surface area (Å²) in [5, 5.41) is 8.76. The van der Waals surface area contributed by atoms with Gasteiger partial charge in [-0.1, -0.05) is 0 Å². The van der Waals surface area contributed by atoms with E-state index in [1.165, 1.54) is 11.8 Å². The molecule has 1 fully saturated rings. The Morgan fingerprint density at radius 2 is 1.88 bits per heavy atom. The van der Waals surface area contributed by atoms with Gasteiger partial charge in [-0.25, -0.2) is 8.78 Å². The number of carboxylic acids is 1. The molecular formula is C10H16F2N2O3. The van der Waals surface area contributed by atoms with E-state index in [0.29, 0.717) is 0 Å². The van der Waals surface area contributed by atoms with Crippen LogP contribution in [0, 0.1) is 0 Å². The SMILES string of the molecule is CC(N)(CC(=O)N1CCC(F)(F)CC1)C(=O)O. The summed E-state index contributed by atoms with van der Waals surface area (Å²) in [5.74, 6) is -4.50. The maximum Gasteiger partial charge on any atom is 0.323 e. The van der Waals surface area contributed by atoms with Gasteiger partial charge < -0.3 is 15.7 Å². The molecule has 0 aromatic carbocycles. The Bertz CT molecular complexity index is 322. The van der Waals surface area contributed by atoms with Crippen LogP contribution in [0.15, 0.2) is 0 Å². The molecule has 3 N–H and O–H groups in total. The van der Waals surface area contributed by atoms with Gasteiger partial charge in [-0.05, 0) is 6.92 Å². The second kappa shape index (κ2) is 4.56. The normalized spacial score (nSPS) is 22.9. The van der Waals surface area contributed by atoms with Gasteiger partial charge in [-0.2, -0.15) is 0 Å². The van der Waals surface area contributed by atoms with Crippen LogP contribution in [0.3, 0.4) is 0 Å². The molecule has 0 aliphatic carbocycles. The molecule has 98 valence electrons. The van der Waals surface area contributed by atoms with Gasteiger partial charge in [0.15, 0.2) is 0 Å². The monoisotopic (exact) mass is 250 g/mol. The minimum absolute atomic E-state index is 0.0540. The number of likely N-dealkylation sites (tertiary alicyclic amines) is 1. The number of nitrogens with two attached hydrogens (primary N) is 1. The van der Waals surface area contributed by atoms with Crippen molar-refractivity contribution in [1.29, 1.82) is 0 Å². The number of hydrogen-bond acceptors (Lipinski definition) is 3. The van der Waals surface area contributed by atoms with Gasteiger partial charge in [0, 0.05) is 25.9 Å². The topological polar surface area (TPSA) is 83.6 Å². The first-order valence-corrected chi connectivity index (χ1v) is 5.32. The summed E-state index contributed by atoms with van der Waals surface area (Å²) in [7, 11) is 0. The third-order valence-corrected chi connectivity index (χ3v) is 2.85. The predicted octanol–water partition coefficient (Wildman–Crippen LogP) is 0.436. The van der Waals surface area contributed by atoms with Crippen molar-refractivity contribution in [3.8, 4) is 0 Å². The Morgan fingerprint density at radius 3 is 2.29 bits per heavy atom. The van der Waals surface area contributed by atoms with Gasteiger partial charge >= 0.3 is 5.97 Å². The maximum atomic E-state index is 12.9. The second-order valence-corrected chi connectivity index (χ2v) is 4.64. The van der Waals surface area contributed by atoms with Crippen molar-refractivity contribution < 1.29 is 23.5 Å². The first kappa shape index (κ1) is 13.8. The van der Waals surface area contributed by atoms with E-state index in [4.69, 9.17) is 10.8 Å². The average Bonchev–Trinajstić information content (AvgIpc) is 2.16. The molecule has 17 heavy (non-hydrogen) atoms. The van der Waals surface area contributed by atoms with Crippen LogP contribution in [-0.4, -0.2) is 46.4 Å². The Labute approximate surface area is 97.6 Å². The van der Waals surface area contributed by atoms with Gasteiger partial charge in [0.25, 0.3) is 5.92 Å². The molecule has 0 spiro atoms. The summed E-state index contributed by atoms with van der Waals surface area (Å²) in [4.78, 5) is 23.6. The van der Waals surface area contributed by atoms with Crippen molar-refractivity contribution in [3.63, 3.8) is 0 Å². The van der Waals surface area contributed by atoms with Crippen LogP contribution in [0.4, 0.5) is 8.78 Å². The van der Waals surface area contributed by atoms with Crippen LogP contribution in [0.2, 0.25) is 0 Å². The third-order valence-electron chi connectivity index (χ3n) is 2.85. The fourth-order valence-corrected chi connectivity index (χ4v) is 1.58. The molecule has 5 nitrogen and oxygen atoms in total. The minimum Gasteiger partial charge on any atom is -0.480 e. The van der Waals surface area contributed by atoms with Crippen molar-refractivity contribution in [2.75, 3.05) is 13.1 Å². The lowest BCUT2D eigenvalue weighted by atomic mass is 9.97. The van der Waals surface area contributed by atoms with Gasteiger partial charge in [-0.3, -0.25) is 9.59 Å². The molecule has 0 bridgehead atoms. The van der Waals surface area contributed by atoms with E-state index in [9.17, 15) is 18.4 Å². The molecule has 0 saturated carbocycles. The van der Waals surface area contributed by atoms with E-state index < -0.39 is 23.3 Å². The van der Waals surface area contributed by atoms with Crippen LogP contribution in [-0.2, 0) is 9.59 Å². The summed E-state index contributed by atoms with van der Waals surface area (Å²) >= 11 is 0. The molecule has 0 radical (unpaired) electrons. The van der Waals surface area contributed by atoms with E-state index in [1.54, 1.807) is 0 Å². The first-order chi connectivity index (χ1) is 7.64. The number of nitrogens with zero attached hydrogens (tertiary/aromatic N) is 1. The summed E-state index contributed by atoms with van der Waals surface area (Å²) < 4.78 is 25.7. The fraction of sp³-hybridized carbons (Fsp3) is 0.800. The summed E-state index contributed by atoms with van der Waals surface area (Å²) in [6.45, 7) is 1.12. The number of aliphatic carboxylic acids is 1. The van der Waals surface area contributed by atoms with Crippen LogP contribution < -0.4 is 5.73 Å². The number of alkyl halides is 2. The molecule has 1 saturated heterocycles. The second-order valence-electron chi connectivity index (χ2n) is 4.64. The third kappa shape index (κ3) is 3.62. The highest BCUT2D eigenvalue weighted by atomic mass is 19.3. The lowest BCUT2D eigenvalue weighted by molar-refractivity contribution is -0.148. The number of rotatable bonds is 3. The lowest BCUT2D eigenvalue weighted by Crippen LogP contribution is -2.51. The molecule has 1 rings (SSSR count). The molecule has 1 unspecified atom stereocenters. The number of piperidine rings is 1. The summed E-state index contributed by atoms with van der Waals surface area (Å²) in [5.41, 5.74) is 3.77. The number of carboxylic acid groups (broad SMARTS) is 1. The fourth-order valence-electron chi connectivity index (χ4n) is 1.58. The van der Waals surface area contributed by atoms with E-state index in [0.717, 1.165) is 0 Å². The Kier molecular flexibility index (Phi) is 3.71. The van der Waals surface area contributed by atoms with Crippen LogP contribution >= 0.6 is 0 Å². The molecule has 7 heteroatoms. The standard InChI is InChI=1S/C10H16F2N2O3/c1-9(13,8(16)17)6-7(15)14-4-2-10(11,12)3-5-14/h2-6,13H2,1H3,(H,16,17). The molecule has 0 aromatic rings. The first-order valence-electron chi connectivity index (χ1n) is 5.32. The van der Waals surface area contributed by atoms with Crippen molar-refractivity contribution in [2.24, 2.45) is 5.73 Å². The van der Waals surface area contributed by atoms with Crippen molar-refractivity contribution >= 4 is 11.9 Å². The zero-order valence-electron chi connectivity index (χ0n) is 9.58. The average molecular weight is 250 g/mol. The van der Waals surface area contributed by atoms with E-state index in [-0.39, 0.29) is 32.4 Å². The highest BCUT2D eigenvalue weighted by Gasteiger charge is 2.38. The zero-order valence-corrected chi connectivity index (χ0v) is 9.58. The van der Waals surface area contributed by atoms with Gasteiger partial charge in [0.05, 0.1) is 6.42 Å². The number of hydrogen-bond donors (Lipinski definition) is 2. The Morgan fingerprint density at radius 1 is 1.41 bits per heavy atom. The molecule has 1 atom stereocenters. The van der Waals surface area contributed by atoms with E-state index in [1.807, 2.05) is 0 Å². The van der Waals surface area contributed by atoms with Crippen LogP contribution in [0.25, 0.3) is 0 Å². The van der Waals surface area contributed by atoms with Crippen molar-refractivity contribution in [1.82, 2.24) is 4.90 Å². The summed E-state index contributed by atoms with van der Waals surface area (Å²) in [6, 6.07) is 0. The van der Waals surface area contributed by atoms with Gasteiger partial charge in [0.2, 0.25) is 5.91 Å². The van der Waals surface area contributed by atoms with Crippen molar-refractivity contribution in [3.05, 3.63) is 0 Å². The smallest absolute Gasteiger partial charge is 0.323 e. The van der Waals surface area contributed by atoms with Gasteiger partial charge in [0.1, 0.15) is 5.54 Å². The maximum absolute atomic E-state index is 12.9. The number of carbonyl (C=O) groups is 2. The predicted molar refractivity (Wildman–Crippen MR) is 55.6 cm³/mol. The molecule has 1 aliphatic heterocycles. The van der Waals surface area contributed by atoms with E-state index in [2.05, 4.69) is 0 Å².